The summed E-state index contributed by atoms with van der Waals surface area (Å²) in [5.74, 6) is 1.12. The molecule has 3 atom stereocenters. The van der Waals surface area contributed by atoms with E-state index < -0.39 is 10.0 Å². The van der Waals surface area contributed by atoms with Gasteiger partial charge in [-0.05, 0) is 61.4 Å². The Kier molecular flexibility index (Phi) is 4.86. The smallest absolute Gasteiger partial charge is 0.261 e. The van der Waals surface area contributed by atoms with Crippen molar-refractivity contribution >= 4 is 33.2 Å². The van der Waals surface area contributed by atoms with Gasteiger partial charge in [0, 0.05) is 6.04 Å². The number of carbonyl (C=O) groups is 1. The third-order valence-corrected chi connectivity index (χ3v) is 7.28. The third kappa shape index (κ3) is 3.82. The van der Waals surface area contributed by atoms with Gasteiger partial charge in [-0.15, -0.1) is 0 Å². The number of anilines is 1. The first-order chi connectivity index (χ1) is 12.9. The second-order valence-electron chi connectivity index (χ2n) is 7.37. The number of fused-ring (bicyclic) bond motifs is 2. The average Bonchev–Trinajstić information content (AvgIpc) is 3.25. The topological polar surface area (TPSA) is 75.3 Å². The lowest BCUT2D eigenvalue weighted by Gasteiger charge is -2.23. The summed E-state index contributed by atoms with van der Waals surface area (Å²) in [4.78, 5) is 12.7. The summed E-state index contributed by atoms with van der Waals surface area (Å²) < 4.78 is 27.3. The van der Waals surface area contributed by atoms with Crippen LogP contribution in [0.15, 0.2) is 53.4 Å². The zero-order chi connectivity index (χ0) is 19.0. The van der Waals surface area contributed by atoms with Crippen LogP contribution in [0, 0.1) is 11.8 Å². The molecule has 5 nitrogen and oxygen atoms in total. The average molecular weight is 405 g/mol. The number of carbonyl (C=O) groups excluding carboxylic acids is 1. The first kappa shape index (κ1) is 18.3. The molecule has 2 fully saturated rings. The molecule has 2 aliphatic rings. The SMILES string of the molecule is O=C(N[C@@H]1C[C@@H]2CC[C@@H]1C2)c1ccc(NS(=O)(=O)c2ccccc2)cc1Cl. The molecule has 0 aliphatic heterocycles. The summed E-state index contributed by atoms with van der Waals surface area (Å²) in [6.45, 7) is 0. The fourth-order valence-electron chi connectivity index (χ4n) is 4.24. The van der Waals surface area contributed by atoms with Crippen LogP contribution < -0.4 is 10.0 Å². The summed E-state index contributed by atoms with van der Waals surface area (Å²) in [5.41, 5.74) is 0.683. The van der Waals surface area contributed by atoms with Crippen LogP contribution in [0.3, 0.4) is 0 Å². The van der Waals surface area contributed by atoms with E-state index in [9.17, 15) is 13.2 Å². The zero-order valence-corrected chi connectivity index (χ0v) is 16.3. The van der Waals surface area contributed by atoms with E-state index in [4.69, 9.17) is 11.6 Å². The quantitative estimate of drug-likeness (QED) is 0.789. The minimum Gasteiger partial charge on any atom is -0.349 e. The molecule has 2 saturated carbocycles. The summed E-state index contributed by atoms with van der Waals surface area (Å²) in [7, 11) is -3.70. The van der Waals surface area contributed by atoms with Crippen LogP contribution in [0.4, 0.5) is 5.69 Å². The Hall–Kier alpha value is -2.05. The van der Waals surface area contributed by atoms with Gasteiger partial charge in [0.05, 0.1) is 21.2 Å². The van der Waals surface area contributed by atoms with Gasteiger partial charge in [-0.2, -0.15) is 0 Å². The number of benzene rings is 2. The van der Waals surface area contributed by atoms with Crippen molar-refractivity contribution in [3.8, 4) is 0 Å². The largest absolute Gasteiger partial charge is 0.349 e. The number of hydrogen-bond acceptors (Lipinski definition) is 3. The van der Waals surface area contributed by atoms with E-state index in [1.54, 1.807) is 30.3 Å². The summed E-state index contributed by atoms with van der Waals surface area (Å²) in [6.07, 6.45) is 4.71. The number of amides is 1. The molecule has 0 aromatic heterocycles. The van der Waals surface area contributed by atoms with Crippen LogP contribution in [-0.2, 0) is 10.0 Å². The highest BCUT2D eigenvalue weighted by atomic mass is 35.5. The first-order valence-electron chi connectivity index (χ1n) is 9.10. The Morgan fingerprint density at radius 3 is 2.44 bits per heavy atom. The minimum atomic E-state index is -3.70. The molecule has 1 amide bonds. The predicted molar refractivity (Wildman–Crippen MR) is 105 cm³/mol. The van der Waals surface area contributed by atoms with Crippen LogP contribution >= 0.6 is 11.6 Å². The van der Waals surface area contributed by atoms with E-state index >= 15 is 0 Å². The molecule has 0 unspecified atom stereocenters. The van der Waals surface area contributed by atoms with Gasteiger partial charge in [-0.3, -0.25) is 9.52 Å². The predicted octanol–water partition coefficient (Wildman–Crippen LogP) is 4.06. The van der Waals surface area contributed by atoms with Gasteiger partial charge >= 0.3 is 0 Å². The number of nitrogens with one attached hydrogen (secondary N) is 2. The highest BCUT2D eigenvalue weighted by Gasteiger charge is 2.40. The van der Waals surface area contributed by atoms with E-state index in [2.05, 4.69) is 10.0 Å². The Morgan fingerprint density at radius 1 is 1.04 bits per heavy atom. The number of halogens is 1. The van der Waals surface area contributed by atoms with Gasteiger partial charge in [0.1, 0.15) is 0 Å². The summed E-state index contributed by atoms with van der Waals surface area (Å²) in [5, 5.41) is 3.32. The number of rotatable bonds is 5. The van der Waals surface area contributed by atoms with Crippen molar-refractivity contribution in [3.05, 3.63) is 59.1 Å². The van der Waals surface area contributed by atoms with Crippen molar-refractivity contribution in [2.75, 3.05) is 4.72 Å². The molecular weight excluding hydrogens is 384 g/mol. The highest BCUT2D eigenvalue weighted by Crippen LogP contribution is 2.44. The Morgan fingerprint density at radius 2 is 1.81 bits per heavy atom. The van der Waals surface area contributed by atoms with E-state index in [-0.39, 0.29) is 21.9 Å². The molecule has 0 heterocycles. The van der Waals surface area contributed by atoms with Crippen molar-refractivity contribution in [1.29, 1.82) is 0 Å². The van der Waals surface area contributed by atoms with Crippen LogP contribution in [-0.4, -0.2) is 20.4 Å². The molecule has 0 radical (unpaired) electrons. The maximum atomic E-state index is 12.6. The lowest BCUT2D eigenvalue weighted by molar-refractivity contribution is 0.0923. The maximum absolute atomic E-state index is 12.6. The fourth-order valence-corrected chi connectivity index (χ4v) is 5.58. The standard InChI is InChI=1S/C20H21ClN2O3S/c21-18-12-15(23-27(25,26)16-4-2-1-3-5-16)8-9-17(18)20(24)22-19-11-13-6-7-14(19)10-13/h1-5,8-9,12-14,19,23H,6-7,10-11H2,(H,22,24)/t13-,14-,19-/m1/s1. The molecule has 2 aromatic carbocycles. The molecule has 4 rings (SSSR count). The van der Waals surface area contributed by atoms with Crippen molar-refractivity contribution < 1.29 is 13.2 Å². The molecule has 0 saturated heterocycles. The minimum absolute atomic E-state index is 0.166. The van der Waals surface area contributed by atoms with E-state index in [1.807, 2.05) is 0 Å². The van der Waals surface area contributed by atoms with Crippen LogP contribution in [0.25, 0.3) is 0 Å². The van der Waals surface area contributed by atoms with E-state index in [1.165, 1.54) is 37.5 Å². The highest BCUT2D eigenvalue weighted by molar-refractivity contribution is 7.92. The zero-order valence-electron chi connectivity index (χ0n) is 14.7. The van der Waals surface area contributed by atoms with Crippen molar-refractivity contribution in [2.24, 2.45) is 11.8 Å². The van der Waals surface area contributed by atoms with Gasteiger partial charge in [0.25, 0.3) is 15.9 Å². The van der Waals surface area contributed by atoms with Crippen LogP contribution in [0.1, 0.15) is 36.0 Å². The van der Waals surface area contributed by atoms with Crippen molar-refractivity contribution in [3.63, 3.8) is 0 Å². The molecule has 0 spiro atoms. The number of sulfonamides is 1. The van der Waals surface area contributed by atoms with Crippen LogP contribution in [0.2, 0.25) is 5.02 Å². The van der Waals surface area contributed by atoms with Crippen LogP contribution in [0.5, 0.6) is 0 Å². The normalized spacial score (nSPS) is 24.0. The van der Waals surface area contributed by atoms with Crippen molar-refractivity contribution in [2.45, 2.75) is 36.6 Å². The Labute approximate surface area is 164 Å². The lowest BCUT2D eigenvalue weighted by Crippen LogP contribution is -2.38. The molecule has 2 N–H and O–H groups in total. The second-order valence-corrected chi connectivity index (χ2v) is 9.46. The van der Waals surface area contributed by atoms with Crippen molar-refractivity contribution in [1.82, 2.24) is 5.32 Å². The van der Waals surface area contributed by atoms with Gasteiger partial charge in [-0.1, -0.05) is 36.2 Å². The maximum Gasteiger partial charge on any atom is 0.261 e. The second kappa shape index (κ2) is 7.17. The Balaban J connectivity index is 1.47. The third-order valence-electron chi connectivity index (χ3n) is 5.57. The van der Waals surface area contributed by atoms with E-state index in [0.717, 1.165) is 12.3 Å². The molecule has 2 aliphatic carbocycles. The Bertz CT molecular complexity index is 962. The molecular formula is C20H21ClN2O3S. The summed E-state index contributed by atoms with van der Waals surface area (Å²) in [6, 6.07) is 12.9. The molecule has 142 valence electrons. The lowest BCUT2D eigenvalue weighted by atomic mass is 9.95. The van der Waals surface area contributed by atoms with Gasteiger partial charge in [0.15, 0.2) is 0 Å². The molecule has 7 heteroatoms. The fraction of sp³-hybridized carbons (Fsp3) is 0.350. The summed E-state index contributed by atoms with van der Waals surface area (Å²) >= 11 is 6.27. The molecule has 27 heavy (non-hydrogen) atoms. The first-order valence-corrected chi connectivity index (χ1v) is 11.0. The molecule has 2 bridgehead atoms. The monoisotopic (exact) mass is 404 g/mol. The number of hydrogen-bond donors (Lipinski definition) is 2. The van der Waals surface area contributed by atoms with Gasteiger partial charge in [-0.25, -0.2) is 8.42 Å². The molecule has 2 aromatic rings. The van der Waals surface area contributed by atoms with E-state index in [0.29, 0.717) is 17.2 Å². The van der Waals surface area contributed by atoms with Gasteiger partial charge in [0.2, 0.25) is 0 Å². The van der Waals surface area contributed by atoms with Gasteiger partial charge < -0.3 is 5.32 Å².